The van der Waals surface area contributed by atoms with Crippen LogP contribution < -0.4 is 0 Å². The van der Waals surface area contributed by atoms with Gasteiger partial charge in [-0.05, 0) is 17.7 Å². The van der Waals surface area contributed by atoms with Crippen LogP contribution in [0.2, 0.25) is 0 Å². The van der Waals surface area contributed by atoms with Gasteiger partial charge in [0.05, 0.1) is 12.8 Å². The summed E-state index contributed by atoms with van der Waals surface area (Å²) in [4.78, 5) is 4.92. The maximum atomic E-state index is 9.71. The Hall–Kier alpha value is -1.71. The summed E-state index contributed by atoms with van der Waals surface area (Å²) in [6.07, 6.45) is -5.57. The first kappa shape index (κ1) is 15.7. The molecule has 0 saturated carbocycles. The largest absolute Gasteiger partial charge is 0.508 e. The second-order valence-electron chi connectivity index (χ2n) is 4.63. The quantitative estimate of drug-likeness (QED) is 0.339. The highest BCUT2D eigenvalue weighted by atomic mass is 16.8. The molecule has 1 aliphatic rings. The standard InChI is InChI=1S/C13H17NO7/c15-6-9-10(17)11(18)12(19)13(20-9)21-14-5-7-2-1-3-8(16)4-7/h1-5,9-13,15-19H,6H2/b14-5+/t9?,10?,11-,12?,13-/m0/s1. The summed E-state index contributed by atoms with van der Waals surface area (Å²) in [5, 5.41) is 50.7. The number of oxime groups is 1. The Morgan fingerprint density at radius 2 is 1.95 bits per heavy atom. The molecule has 0 aromatic heterocycles. The van der Waals surface area contributed by atoms with Gasteiger partial charge in [-0.3, -0.25) is 0 Å². The molecule has 21 heavy (non-hydrogen) atoms. The summed E-state index contributed by atoms with van der Waals surface area (Å²) in [5.74, 6) is 0.0618. The summed E-state index contributed by atoms with van der Waals surface area (Å²) in [6, 6.07) is 6.22. The fraction of sp³-hybridized carbons (Fsp3) is 0.462. The fourth-order valence-corrected chi connectivity index (χ4v) is 1.91. The van der Waals surface area contributed by atoms with E-state index in [1.54, 1.807) is 12.1 Å². The van der Waals surface area contributed by atoms with Crippen molar-refractivity contribution in [1.82, 2.24) is 0 Å². The van der Waals surface area contributed by atoms with E-state index in [-0.39, 0.29) is 5.75 Å². The third kappa shape index (κ3) is 3.69. The SMILES string of the molecule is OCC1O[C@@H](O/N=C/c2cccc(O)c2)C(O)[C@@H](O)C1O. The molecule has 1 aromatic rings. The highest BCUT2D eigenvalue weighted by Gasteiger charge is 2.44. The van der Waals surface area contributed by atoms with E-state index in [1.807, 2.05) is 0 Å². The maximum absolute atomic E-state index is 9.71. The molecule has 116 valence electrons. The van der Waals surface area contributed by atoms with Gasteiger partial charge >= 0.3 is 0 Å². The summed E-state index contributed by atoms with van der Waals surface area (Å²) < 4.78 is 5.10. The van der Waals surface area contributed by atoms with Crippen molar-refractivity contribution in [2.75, 3.05) is 6.61 Å². The lowest BCUT2D eigenvalue weighted by Crippen LogP contribution is -2.58. The molecule has 1 aliphatic heterocycles. The highest BCUT2D eigenvalue weighted by Crippen LogP contribution is 2.22. The average molecular weight is 299 g/mol. The molecule has 5 N–H and O–H groups in total. The Balaban J connectivity index is 1.98. The molecule has 0 amide bonds. The Kier molecular flexibility index (Phi) is 5.10. The van der Waals surface area contributed by atoms with Crippen LogP contribution in [0.1, 0.15) is 5.56 Å². The molecule has 1 saturated heterocycles. The summed E-state index contributed by atoms with van der Waals surface area (Å²) in [6.45, 7) is -0.541. The molecule has 1 aromatic carbocycles. The maximum Gasteiger partial charge on any atom is 0.256 e. The summed E-state index contributed by atoms with van der Waals surface area (Å²) in [5.41, 5.74) is 0.555. The second kappa shape index (κ2) is 6.83. The van der Waals surface area contributed by atoms with Crippen LogP contribution in [-0.2, 0) is 9.57 Å². The zero-order valence-electron chi connectivity index (χ0n) is 11.0. The number of aliphatic hydroxyl groups excluding tert-OH is 4. The smallest absolute Gasteiger partial charge is 0.256 e. The van der Waals surface area contributed by atoms with E-state index in [9.17, 15) is 20.4 Å². The minimum atomic E-state index is -1.52. The van der Waals surface area contributed by atoms with Crippen LogP contribution in [0.3, 0.4) is 0 Å². The molecule has 5 atom stereocenters. The predicted molar refractivity (Wildman–Crippen MR) is 70.6 cm³/mol. The molecule has 3 unspecified atom stereocenters. The number of nitrogens with zero attached hydrogens (tertiary/aromatic N) is 1. The van der Waals surface area contributed by atoms with Crippen molar-refractivity contribution in [3.63, 3.8) is 0 Å². The second-order valence-corrected chi connectivity index (χ2v) is 4.63. The molecule has 0 spiro atoms. The topological polar surface area (TPSA) is 132 Å². The van der Waals surface area contributed by atoms with Gasteiger partial charge in [-0.15, -0.1) is 0 Å². The van der Waals surface area contributed by atoms with E-state index in [4.69, 9.17) is 14.7 Å². The average Bonchev–Trinajstić information content (AvgIpc) is 2.47. The Labute approximate surface area is 120 Å². The van der Waals surface area contributed by atoms with E-state index in [0.717, 1.165) is 0 Å². The van der Waals surface area contributed by atoms with Crippen molar-refractivity contribution in [3.05, 3.63) is 29.8 Å². The molecular weight excluding hydrogens is 282 g/mol. The van der Waals surface area contributed by atoms with E-state index >= 15 is 0 Å². The van der Waals surface area contributed by atoms with Crippen molar-refractivity contribution in [3.8, 4) is 5.75 Å². The molecule has 8 nitrogen and oxygen atoms in total. The van der Waals surface area contributed by atoms with Gasteiger partial charge in [-0.25, -0.2) is 0 Å². The van der Waals surface area contributed by atoms with Crippen LogP contribution in [0.25, 0.3) is 0 Å². The molecule has 0 aliphatic carbocycles. The van der Waals surface area contributed by atoms with Crippen LogP contribution >= 0.6 is 0 Å². The first-order chi connectivity index (χ1) is 10.0. The van der Waals surface area contributed by atoms with Crippen molar-refractivity contribution < 1.29 is 35.1 Å². The van der Waals surface area contributed by atoms with Crippen molar-refractivity contribution in [2.24, 2.45) is 5.16 Å². The highest BCUT2D eigenvalue weighted by molar-refractivity contribution is 5.79. The fourth-order valence-electron chi connectivity index (χ4n) is 1.91. The number of hydrogen-bond donors (Lipinski definition) is 5. The van der Waals surface area contributed by atoms with Gasteiger partial charge < -0.3 is 35.1 Å². The van der Waals surface area contributed by atoms with Gasteiger partial charge in [0.15, 0.2) is 0 Å². The van der Waals surface area contributed by atoms with E-state index in [1.165, 1.54) is 18.3 Å². The summed E-state index contributed by atoms with van der Waals surface area (Å²) in [7, 11) is 0. The number of benzene rings is 1. The van der Waals surface area contributed by atoms with Gasteiger partial charge in [-0.2, -0.15) is 0 Å². The molecule has 8 heteroatoms. The molecule has 1 fully saturated rings. The molecule has 2 rings (SSSR count). The van der Waals surface area contributed by atoms with Gasteiger partial charge in [0, 0.05) is 0 Å². The predicted octanol–water partition coefficient (Wildman–Crippen LogP) is -1.46. The lowest BCUT2D eigenvalue weighted by Gasteiger charge is -2.38. The molecule has 0 bridgehead atoms. The van der Waals surface area contributed by atoms with Crippen LogP contribution in [0.5, 0.6) is 5.75 Å². The Morgan fingerprint density at radius 1 is 1.19 bits per heavy atom. The monoisotopic (exact) mass is 299 g/mol. The third-order valence-electron chi connectivity index (χ3n) is 3.09. The zero-order chi connectivity index (χ0) is 15.4. The van der Waals surface area contributed by atoms with Gasteiger partial charge in [-0.1, -0.05) is 17.3 Å². The van der Waals surface area contributed by atoms with Gasteiger partial charge in [0.2, 0.25) is 0 Å². The third-order valence-corrected chi connectivity index (χ3v) is 3.09. The molecule has 1 heterocycles. The van der Waals surface area contributed by atoms with Gasteiger partial charge in [0.1, 0.15) is 30.2 Å². The first-order valence-electron chi connectivity index (χ1n) is 6.31. The van der Waals surface area contributed by atoms with Crippen LogP contribution in [-0.4, -0.2) is 69.1 Å². The zero-order valence-corrected chi connectivity index (χ0v) is 11.0. The van der Waals surface area contributed by atoms with E-state index in [2.05, 4.69) is 5.16 Å². The van der Waals surface area contributed by atoms with E-state index < -0.39 is 37.3 Å². The van der Waals surface area contributed by atoms with Crippen molar-refractivity contribution >= 4 is 6.21 Å². The van der Waals surface area contributed by atoms with Crippen molar-refractivity contribution in [1.29, 1.82) is 0 Å². The number of ether oxygens (including phenoxy) is 1. The number of phenolic OH excluding ortho intramolecular Hbond substituents is 1. The Bertz CT molecular complexity index is 493. The van der Waals surface area contributed by atoms with Crippen LogP contribution in [0.15, 0.2) is 29.4 Å². The summed E-state index contributed by atoms with van der Waals surface area (Å²) >= 11 is 0. The van der Waals surface area contributed by atoms with Crippen molar-refractivity contribution in [2.45, 2.75) is 30.7 Å². The van der Waals surface area contributed by atoms with Crippen LogP contribution in [0.4, 0.5) is 0 Å². The first-order valence-corrected chi connectivity index (χ1v) is 6.31. The molecule has 0 radical (unpaired) electrons. The van der Waals surface area contributed by atoms with Crippen LogP contribution in [0, 0.1) is 0 Å². The van der Waals surface area contributed by atoms with E-state index in [0.29, 0.717) is 5.56 Å². The number of aromatic hydroxyl groups is 1. The number of hydrogen-bond acceptors (Lipinski definition) is 8. The lowest BCUT2D eigenvalue weighted by atomic mass is 9.99. The normalized spacial score (nSPS) is 33.2. The minimum Gasteiger partial charge on any atom is -0.508 e. The Morgan fingerprint density at radius 3 is 2.62 bits per heavy atom. The lowest BCUT2D eigenvalue weighted by molar-refractivity contribution is -0.301. The number of aliphatic hydroxyl groups is 4. The minimum absolute atomic E-state index is 0.0618. The number of rotatable bonds is 4. The number of phenols is 1. The molecular formula is C13H17NO7. The van der Waals surface area contributed by atoms with Gasteiger partial charge in [0.25, 0.3) is 6.29 Å².